The number of alkyl halides is 3. The van der Waals surface area contributed by atoms with Crippen LogP contribution in [0.15, 0.2) is 0 Å². The monoisotopic (exact) mass is 297 g/mol. The smallest absolute Gasteiger partial charge is 0.371 e. The lowest BCUT2D eigenvalue weighted by molar-refractivity contribution is -0.185. The average molecular weight is 297 g/mol. The van der Waals surface area contributed by atoms with Gasteiger partial charge < -0.3 is 19.1 Å². The van der Waals surface area contributed by atoms with Crippen molar-refractivity contribution < 1.29 is 27.4 Å². The Morgan fingerprint density at radius 1 is 1.20 bits per heavy atom. The largest absolute Gasteiger partial charge is 0.411 e. The number of halogens is 3. The van der Waals surface area contributed by atoms with E-state index in [1.807, 2.05) is 7.05 Å². The summed E-state index contributed by atoms with van der Waals surface area (Å²) in [6.07, 6.45) is -0.657. The summed E-state index contributed by atoms with van der Waals surface area (Å²) in [7, 11) is 1.93. The molecule has 1 saturated heterocycles. The summed E-state index contributed by atoms with van der Waals surface area (Å²) < 4.78 is 51.8. The van der Waals surface area contributed by atoms with Crippen molar-refractivity contribution in [3.63, 3.8) is 0 Å². The fourth-order valence-electron chi connectivity index (χ4n) is 2.85. The van der Waals surface area contributed by atoms with Crippen molar-refractivity contribution in [2.24, 2.45) is 0 Å². The molecule has 0 aromatic rings. The maximum Gasteiger partial charge on any atom is 0.411 e. The van der Waals surface area contributed by atoms with Gasteiger partial charge in [-0.15, -0.1) is 0 Å². The Labute approximate surface area is 117 Å². The normalized spacial score (nSPS) is 23.9. The van der Waals surface area contributed by atoms with Gasteiger partial charge in [0.1, 0.15) is 6.61 Å². The van der Waals surface area contributed by atoms with Crippen molar-refractivity contribution >= 4 is 0 Å². The molecular formula is C13H22F3NO3. The standard InChI is InChI=1S/C13H22F3NO3/c1-17(6-7-18-10-13(14,15)16)11-2-4-12(5-3-11)19-8-9-20-12/h11H,2-10H2,1H3. The van der Waals surface area contributed by atoms with Crippen LogP contribution in [0.3, 0.4) is 0 Å². The van der Waals surface area contributed by atoms with Crippen molar-refractivity contribution in [1.29, 1.82) is 0 Å². The summed E-state index contributed by atoms with van der Waals surface area (Å²) in [6.45, 7) is 0.758. The zero-order valence-corrected chi connectivity index (χ0v) is 11.7. The second-order valence-electron chi connectivity index (χ2n) is 5.49. The van der Waals surface area contributed by atoms with Crippen LogP contribution in [0, 0.1) is 0 Å². The van der Waals surface area contributed by atoms with Gasteiger partial charge in [0.15, 0.2) is 5.79 Å². The minimum atomic E-state index is -4.24. The van der Waals surface area contributed by atoms with Gasteiger partial charge in [0.2, 0.25) is 0 Å². The van der Waals surface area contributed by atoms with E-state index in [2.05, 4.69) is 9.64 Å². The Hall–Kier alpha value is -0.370. The number of nitrogens with zero attached hydrogens (tertiary/aromatic N) is 1. The molecular weight excluding hydrogens is 275 g/mol. The van der Waals surface area contributed by atoms with Crippen LogP contribution in [0.5, 0.6) is 0 Å². The number of likely N-dealkylation sites (N-methyl/N-ethyl adjacent to an activating group) is 1. The Morgan fingerprint density at radius 2 is 1.80 bits per heavy atom. The first-order valence-electron chi connectivity index (χ1n) is 7.03. The van der Waals surface area contributed by atoms with E-state index in [0.717, 1.165) is 25.7 Å². The number of rotatable bonds is 5. The molecule has 2 fully saturated rings. The van der Waals surface area contributed by atoms with Gasteiger partial charge in [0.25, 0.3) is 0 Å². The van der Waals surface area contributed by atoms with E-state index < -0.39 is 12.8 Å². The van der Waals surface area contributed by atoms with Crippen molar-refractivity contribution in [3.05, 3.63) is 0 Å². The van der Waals surface area contributed by atoms with Crippen LogP contribution in [-0.4, -0.2) is 62.9 Å². The zero-order chi connectivity index (χ0) is 14.6. The molecule has 0 N–H and O–H groups in total. The highest BCUT2D eigenvalue weighted by atomic mass is 19.4. The first-order valence-corrected chi connectivity index (χ1v) is 7.03. The van der Waals surface area contributed by atoms with E-state index in [-0.39, 0.29) is 12.4 Å². The quantitative estimate of drug-likeness (QED) is 0.728. The molecule has 118 valence electrons. The molecule has 2 aliphatic rings. The summed E-state index contributed by atoms with van der Waals surface area (Å²) in [6, 6.07) is 0.364. The minimum Gasteiger partial charge on any atom is -0.371 e. The lowest BCUT2D eigenvalue weighted by Gasteiger charge is -2.39. The molecule has 0 bridgehead atoms. The molecule has 7 heteroatoms. The first-order chi connectivity index (χ1) is 9.40. The number of ether oxygens (including phenoxy) is 3. The third kappa shape index (κ3) is 4.58. The molecule has 4 nitrogen and oxygen atoms in total. The lowest BCUT2D eigenvalue weighted by atomic mass is 9.89. The van der Waals surface area contributed by atoms with E-state index >= 15 is 0 Å². The van der Waals surface area contributed by atoms with Crippen molar-refractivity contribution in [2.45, 2.75) is 43.7 Å². The van der Waals surface area contributed by atoms with Crippen LogP contribution in [0.25, 0.3) is 0 Å². The molecule has 1 heterocycles. The van der Waals surface area contributed by atoms with E-state index in [0.29, 0.717) is 25.8 Å². The Kier molecular flexibility index (Phi) is 5.28. The Bertz CT molecular complexity index is 296. The fraction of sp³-hybridized carbons (Fsp3) is 1.00. The topological polar surface area (TPSA) is 30.9 Å². The lowest BCUT2D eigenvalue weighted by Crippen LogP contribution is -2.43. The third-order valence-corrected chi connectivity index (χ3v) is 4.01. The average Bonchev–Trinajstić information content (AvgIpc) is 2.82. The van der Waals surface area contributed by atoms with Gasteiger partial charge in [-0.2, -0.15) is 13.2 Å². The molecule has 0 atom stereocenters. The summed E-state index contributed by atoms with van der Waals surface area (Å²) in [4.78, 5) is 2.07. The summed E-state index contributed by atoms with van der Waals surface area (Å²) in [5.74, 6) is -0.385. The van der Waals surface area contributed by atoms with Gasteiger partial charge in [-0.25, -0.2) is 0 Å². The van der Waals surface area contributed by atoms with E-state index in [9.17, 15) is 13.2 Å². The van der Waals surface area contributed by atoms with Gasteiger partial charge in [0.05, 0.1) is 19.8 Å². The van der Waals surface area contributed by atoms with Crippen LogP contribution < -0.4 is 0 Å². The molecule has 0 amide bonds. The predicted octanol–water partition coefficient (Wildman–Crippen LogP) is 2.18. The van der Waals surface area contributed by atoms with Gasteiger partial charge in [-0.1, -0.05) is 0 Å². The van der Waals surface area contributed by atoms with Gasteiger partial charge >= 0.3 is 6.18 Å². The molecule has 2 rings (SSSR count). The zero-order valence-electron chi connectivity index (χ0n) is 11.7. The molecule has 1 spiro atoms. The van der Waals surface area contributed by atoms with E-state index in [1.54, 1.807) is 0 Å². The fourth-order valence-corrected chi connectivity index (χ4v) is 2.85. The van der Waals surface area contributed by atoms with Gasteiger partial charge in [-0.3, -0.25) is 0 Å². The van der Waals surface area contributed by atoms with Crippen LogP contribution in [-0.2, 0) is 14.2 Å². The summed E-state index contributed by atoms with van der Waals surface area (Å²) in [5.41, 5.74) is 0. The molecule has 0 radical (unpaired) electrons. The third-order valence-electron chi connectivity index (χ3n) is 4.01. The number of hydrogen-bond acceptors (Lipinski definition) is 4. The SMILES string of the molecule is CN(CCOCC(F)(F)F)C1CCC2(CC1)OCCO2. The number of hydrogen-bond donors (Lipinski definition) is 0. The molecule has 0 aromatic carbocycles. The minimum absolute atomic E-state index is 0.102. The Balaban J connectivity index is 1.63. The van der Waals surface area contributed by atoms with Crippen LogP contribution in [0.2, 0.25) is 0 Å². The van der Waals surface area contributed by atoms with E-state index in [1.165, 1.54) is 0 Å². The molecule has 20 heavy (non-hydrogen) atoms. The van der Waals surface area contributed by atoms with Gasteiger partial charge in [0, 0.05) is 25.4 Å². The highest BCUT2D eigenvalue weighted by molar-refractivity contribution is 4.85. The molecule has 1 saturated carbocycles. The van der Waals surface area contributed by atoms with Crippen molar-refractivity contribution in [3.8, 4) is 0 Å². The highest BCUT2D eigenvalue weighted by Gasteiger charge is 2.41. The molecule has 1 aliphatic carbocycles. The maximum atomic E-state index is 11.9. The second-order valence-corrected chi connectivity index (χ2v) is 5.49. The van der Waals surface area contributed by atoms with Gasteiger partial charge in [-0.05, 0) is 19.9 Å². The van der Waals surface area contributed by atoms with E-state index in [4.69, 9.17) is 9.47 Å². The van der Waals surface area contributed by atoms with Crippen molar-refractivity contribution in [2.75, 3.05) is 40.0 Å². The second kappa shape index (κ2) is 6.60. The first kappa shape index (κ1) is 16.0. The Morgan fingerprint density at radius 3 is 2.35 bits per heavy atom. The highest BCUT2D eigenvalue weighted by Crippen LogP contribution is 2.36. The van der Waals surface area contributed by atoms with Crippen LogP contribution in [0.4, 0.5) is 13.2 Å². The molecule has 1 aliphatic heterocycles. The summed E-state index contributed by atoms with van der Waals surface area (Å²) >= 11 is 0. The van der Waals surface area contributed by atoms with Crippen LogP contribution in [0.1, 0.15) is 25.7 Å². The summed E-state index contributed by atoms with van der Waals surface area (Å²) in [5, 5.41) is 0. The molecule has 0 unspecified atom stereocenters. The predicted molar refractivity (Wildman–Crippen MR) is 66.4 cm³/mol. The maximum absolute atomic E-state index is 11.9. The van der Waals surface area contributed by atoms with Crippen LogP contribution >= 0.6 is 0 Å². The van der Waals surface area contributed by atoms with Crippen molar-refractivity contribution in [1.82, 2.24) is 4.90 Å². The molecule has 0 aromatic heterocycles.